The van der Waals surface area contributed by atoms with E-state index in [1.54, 1.807) is 11.6 Å². The van der Waals surface area contributed by atoms with Crippen molar-refractivity contribution in [1.29, 1.82) is 0 Å². The molecule has 0 saturated heterocycles. The van der Waals surface area contributed by atoms with Crippen LogP contribution in [0.5, 0.6) is 11.6 Å². The highest BCUT2D eigenvalue weighted by atomic mass is 32.2. The number of ether oxygens (including phenoxy) is 2. The van der Waals surface area contributed by atoms with Crippen LogP contribution in [0.25, 0.3) is 0 Å². The molecule has 0 fully saturated rings. The third-order valence-corrected chi connectivity index (χ3v) is 4.06. The van der Waals surface area contributed by atoms with Crippen LogP contribution in [0.15, 0.2) is 30.3 Å². The Labute approximate surface area is 167 Å². The highest BCUT2D eigenvalue weighted by molar-refractivity contribution is 7.85. The summed E-state index contributed by atoms with van der Waals surface area (Å²) in [6, 6.07) is 5.95. The molecule has 2 aromatic rings. The van der Waals surface area contributed by atoms with Crippen molar-refractivity contribution in [2.75, 3.05) is 19.0 Å². The summed E-state index contributed by atoms with van der Waals surface area (Å²) in [4.78, 5) is 31.8. The first-order chi connectivity index (χ1) is 13.7. The van der Waals surface area contributed by atoms with Gasteiger partial charge >= 0.3 is 22.3 Å². The van der Waals surface area contributed by atoms with E-state index in [0.29, 0.717) is 12.1 Å². The number of nitrogens with zero attached hydrogens (tertiary/aromatic N) is 2. The minimum atomic E-state index is -4.61. The highest BCUT2D eigenvalue weighted by Crippen LogP contribution is 2.20. The summed E-state index contributed by atoms with van der Waals surface area (Å²) in [6.45, 7) is 3.62. The lowest BCUT2D eigenvalue weighted by Crippen LogP contribution is -2.37. The van der Waals surface area contributed by atoms with Crippen molar-refractivity contribution in [3.05, 3.63) is 41.6 Å². The standard InChI is InChI=1S/C17H20N4O7S/c1-4-9-27-15(22)12-7-5-6-8-13(12)28-29(24,25)21-17(23)20-16-18-11(2)10-14(19-16)26-3/h5-8,10H,4,9H2,1-3H3,(H2,18,19,20,21,23). The smallest absolute Gasteiger partial charge is 0.411 e. The lowest BCUT2D eigenvalue weighted by Gasteiger charge is -2.12. The average molecular weight is 424 g/mol. The van der Waals surface area contributed by atoms with Gasteiger partial charge in [-0.1, -0.05) is 19.1 Å². The first-order valence-corrected chi connectivity index (χ1v) is 9.84. The van der Waals surface area contributed by atoms with Crippen molar-refractivity contribution >= 4 is 28.3 Å². The number of nitrogens with one attached hydrogen (secondary N) is 2. The third kappa shape index (κ3) is 6.60. The zero-order valence-electron chi connectivity index (χ0n) is 16.0. The molecule has 12 heteroatoms. The first-order valence-electron chi connectivity index (χ1n) is 8.43. The van der Waals surface area contributed by atoms with Gasteiger partial charge in [0.2, 0.25) is 11.8 Å². The summed E-state index contributed by atoms with van der Waals surface area (Å²) in [7, 11) is -3.23. The van der Waals surface area contributed by atoms with Crippen LogP contribution in [0, 0.1) is 6.92 Å². The second-order valence-corrected chi connectivity index (χ2v) is 6.88. The summed E-state index contributed by atoms with van der Waals surface area (Å²) in [6.07, 6.45) is 0.598. The summed E-state index contributed by atoms with van der Waals surface area (Å²) in [5.41, 5.74) is 0.393. The Kier molecular flexibility index (Phi) is 7.31. The number of methoxy groups -OCH3 is 1. The lowest BCUT2D eigenvalue weighted by molar-refractivity contribution is 0.0503. The highest BCUT2D eigenvalue weighted by Gasteiger charge is 2.22. The molecule has 1 heterocycles. The molecule has 1 aromatic carbocycles. The Morgan fingerprint density at radius 3 is 2.59 bits per heavy atom. The molecule has 156 valence electrons. The number of benzene rings is 1. The molecule has 2 amide bonds. The molecule has 0 radical (unpaired) electrons. The Bertz CT molecular complexity index is 995. The minimum absolute atomic E-state index is 0.0986. The maximum absolute atomic E-state index is 12.2. The number of hydrogen-bond acceptors (Lipinski definition) is 9. The summed E-state index contributed by atoms with van der Waals surface area (Å²) >= 11 is 0. The van der Waals surface area contributed by atoms with Crippen LogP contribution in [-0.4, -0.2) is 44.1 Å². The predicted molar refractivity (Wildman–Crippen MR) is 102 cm³/mol. The molecule has 0 bridgehead atoms. The maximum atomic E-state index is 12.2. The van der Waals surface area contributed by atoms with E-state index in [1.165, 1.54) is 37.4 Å². The molecule has 2 rings (SSSR count). The van der Waals surface area contributed by atoms with Crippen LogP contribution in [0.2, 0.25) is 0 Å². The van der Waals surface area contributed by atoms with Gasteiger partial charge in [0.15, 0.2) is 5.75 Å². The topological polar surface area (TPSA) is 146 Å². The van der Waals surface area contributed by atoms with Gasteiger partial charge in [0.1, 0.15) is 5.56 Å². The number of para-hydroxylation sites is 1. The van der Waals surface area contributed by atoms with E-state index in [-0.39, 0.29) is 29.7 Å². The van der Waals surface area contributed by atoms with Crippen LogP contribution >= 0.6 is 0 Å². The lowest BCUT2D eigenvalue weighted by atomic mass is 10.2. The van der Waals surface area contributed by atoms with Crippen LogP contribution in [0.3, 0.4) is 0 Å². The number of aryl methyl sites for hydroxylation is 1. The second-order valence-electron chi connectivity index (χ2n) is 5.60. The van der Waals surface area contributed by atoms with E-state index in [0.717, 1.165) is 0 Å². The zero-order chi connectivity index (χ0) is 21.4. The molecular formula is C17H20N4O7S. The SMILES string of the molecule is CCCOC(=O)c1ccccc1OS(=O)(=O)NC(=O)Nc1nc(C)cc(OC)n1. The van der Waals surface area contributed by atoms with E-state index in [4.69, 9.17) is 13.7 Å². The van der Waals surface area contributed by atoms with Crippen LogP contribution in [0.1, 0.15) is 29.4 Å². The fourth-order valence-corrected chi connectivity index (χ4v) is 2.76. The van der Waals surface area contributed by atoms with Crippen LogP contribution in [-0.2, 0) is 15.0 Å². The number of carbonyl (C=O) groups excluding carboxylic acids is 2. The van der Waals surface area contributed by atoms with Gasteiger partial charge in [-0.15, -0.1) is 0 Å². The van der Waals surface area contributed by atoms with Crippen molar-refractivity contribution in [2.24, 2.45) is 0 Å². The molecule has 0 saturated carbocycles. The summed E-state index contributed by atoms with van der Waals surface area (Å²) in [5.74, 6) is -1.02. The fourth-order valence-electron chi connectivity index (χ4n) is 2.06. The number of hydrogen-bond donors (Lipinski definition) is 2. The zero-order valence-corrected chi connectivity index (χ0v) is 16.8. The molecule has 0 spiro atoms. The van der Waals surface area contributed by atoms with Gasteiger partial charge in [0.05, 0.1) is 13.7 Å². The largest absolute Gasteiger partial charge is 0.481 e. The van der Waals surface area contributed by atoms with Crippen molar-refractivity contribution < 1.29 is 31.7 Å². The number of rotatable bonds is 8. The molecule has 0 aliphatic rings. The molecule has 2 N–H and O–H groups in total. The quantitative estimate of drug-likeness (QED) is 0.606. The molecule has 0 aliphatic carbocycles. The molecule has 0 aliphatic heterocycles. The van der Waals surface area contributed by atoms with Crippen molar-refractivity contribution in [2.45, 2.75) is 20.3 Å². The number of amides is 2. The second kappa shape index (κ2) is 9.68. The third-order valence-electron chi connectivity index (χ3n) is 3.23. The Balaban J connectivity index is 2.10. The molecule has 11 nitrogen and oxygen atoms in total. The van der Waals surface area contributed by atoms with E-state index in [2.05, 4.69) is 15.3 Å². The number of carbonyl (C=O) groups is 2. The molecule has 1 aromatic heterocycles. The van der Waals surface area contributed by atoms with E-state index >= 15 is 0 Å². The van der Waals surface area contributed by atoms with Gasteiger partial charge in [-0.25, -0.2) is 19.3 Å². The van der Waals surface area contributed by atoms with Crippen LogP contribution in [0.4, 0.5) is 10.7 Å². The molecule has 0 unspecified atom stereocenters. The molecule has 0 atom stereocenters. The summed E-state index contributed by atoms with van der Waals surface area (Å²) < 4.78 is 40.8. The average Bonchev–Trinajstić information content (AvgIpc) is 2.65. The van der Waals surface area contributed by atoms with Gasteiger partial charge in [0, 0.05) is 11.8 Å². The Morgan fingerprint density at radius 2 is 1.90 bits per heavy atom. The fraction of sp³-hybridized carbons (Fsp3) is 0.294. The van der Waals surface area contributed by atoms with Gasteiger partial charge < -0.3 is 13.7 Å². The van der Waals surface area contributed by atoms with E-state index in [1.807, 2.05) is 6.92 Å². The van der Waals surface area contributed by atoms with Gasteiger partial charge in [0.25, 0.3) is 0 Å². The Hall–Kier alpha value is -3.41. The van der Waals surface area contributed by atoms with Gasteiger partial charge in [-0.2, -0.15) is 13.4 Å². The van der Waals surface area contributed by atoms with Gasteiger partial charge in [-0.05, 0) is 25.5 Å². The molecular weight excluding hydrogens is 404 g/mol. The molecule has 29 heavy (non-hydrogen) atoms. The van der Waals surface area contributed by atoms with Crippen molar-refractivity contribution in [3.8, 4) is 11.6 Å². The van der Waals surface area contributed by atoms with Crippen molar-refractivity contribution in [1.82, 2.24) is 14.7 Å². The first kappa shape index (κ1) is 21.9. The normalized spacial score (nSPS) is 10.7. The van der Waals surface area contributed by atoms with E-state index < -0.39 is 22.3 Å². The predicted octanol–water partition coefficient (Wildman–Crippen LogP) is 1.81. The number of urea groups is 1. The number of esters is 1. The monoisotopic (exact) mass is 424 g/mol. The Morgan fingerprint density at radius 1 is 1.17 bits per heavy atom. The number of aromatic nitrogens is 2. The number of anilines is 1. The van der Waals surface area contributed by atoms with Gasteiger partial charge in [-0.3, -0.25) is 5.32 Å². The maximum Gasteiger partial charge on any atom is 0.411 e. The summed E-state index contributed by atoms with van der Waals surface area (Å²) in [5, 5.41) is 2.16. The van der Waals surface area contributed by atoms with E-state index in [9.17, 15) is 18.0 Å². The van der Waals surface area contributed by atoms with Crippen LogP contribution < -0.4 is 19.0 Å². The van der Waals surface area contributed by atoms with Crippen molar-refractivity contribution in [3.63, 3.8) is 0 Å². The minimum Gasteiger partial charge on any atom is -0.481 e.